The number of nitrogens with one attached hydrogen (secondary N) is 1. The van der Waals surface area contributed by atoms with Crippen molar-refractivity contribution in [1.29, 1.82) is 0 Å². The van der Waals surface area contributed by atoms with E-state index in [1.54, 1.807) is 12.1 Å². The molecule has 3 nitrogen and oxygen atoms in total. The summed E-state index contributed by atoms with van der Waals surface area (Å²) in [5.74, 6) is 0.387. The second-order valence-electron chi connectivity index (χ2n) is 4.38. The van der Waals surface area contributed by atoms with Gasteiger partial charge in [0.25, 0.3) is 0 Å². The Morgan fingerprint density at radius 2 is 1.89 bits per heavy atom. The Balaban J connectivity index is 2.83. The minimum atomic E-state index is -0.0332. The van der Waals surface area contributed by atoms with E-state index >= 15 is 0 Å². The van der Waals surface area contributed by atoms with Gasteiger partial charge in [0, 0.05) is 11.6 Å². The van der Waals surface area contributed by atoms with Crippen molar-refractivity contribution >= 4 is 34.8 Å². The van der Waals surface area contributed by atoms with E-state index in [0.29, 0.717) is 28.1 Å². The van der Waals surface area contributed by atoms with Gasteiger partial charge in [-0.1, -0.05) is 43.5 Å². The fourth-order valence-corrected chi connectivity index (χ4v) is 2.34. The molecule has 0 spiro atoms. The molecule has 0 radical (unpaired) electrons. The fourth-order valence-electron chi connectivity index (χ4n) is 1.74. The quantitative estimate of drug-likeness (QED) is 0.822. The monoisotopic (exact) mass is 303 g/mol. The van der Waals surface area contributed by atoms with E-state index in [1.165, 1.54) is 0 Å². The number of carbonyl (C=O) groups excluding carboxylic acids is 1. The van der Waals surface area contributed by atoms with Crippen LogP contribution in [0.1, 0.15) is 33.6 Å². The van der Waals surface area contributed by atoms with Crippen LogP contribution in [-0.2, 0) is 4.79 Å². The topological polar surface area (TPSA) is 38.3 Å². The van der Waals surface area contributed by atoms with Gasteiger partial charge < -0.3 is 10.1 Å². The van der Waals surface area contributed by atoms with Gasteiger partial charge in [-0.15, -0.1) is 0 Å². The molecule has 0 bridgehead atoms. The molecule has 0 aromatic heterocycles. The van der Waals surface area contributed by atoms with Gasteiger partial charge in [0.15, 0.2) is 5.75 Å². The smallest absolute Gasteiger partial charge is 0.227 e. The standard InChI is InChI=1S/C14H19Cl2NO2/c1-4-6-9(3)14(18)17-10-7-11(15)13(19-5-2)12(16)8-10/h7-9H,4-6H2,1-3H3,(H,17,18). The van der Waals surface area contributed by atoms with Crippen molar-refractivity contribution in [3.8, 4) is 5.75 Å². The number of rotatable bonds is 6. The Kier molecular flexibility index (Phi) is 6.46. The van der Waals surface area contributed by atoms with Crippen molar-refractivity contribution in [3.63, 3.8) is 0 Å². The summed E-state index contributed by atoms with van der Waals surface area (Å²) < 4.78 is 5.34. The van der Waals surface area contributed by atoms with E-state index in [0.717, 1.165) is 12.8 Å². The summed E-state index contributed by atoms with van der Waals surface area (Å²) in [6.07, 6.45) is 1.82. The largest absolute Gasteiger partial charge is 0.491 e. The molecular weight excluding hydrogens is 285 g/mol. The number of hydrogen-bond acceptors (Lipinski definition) is 2. The Bertz CT molecular complexity index is 426. The lowest BCUT2D eigenvalue weighted by Gasteiger charge is -2.14. The molecule has 0 aliphatic rings. The summed E-state index contributed by atoms with van der Waals surface area (Å²) >= 11 is 12.2. The van der Waals surface area contributed by atoms with Gasteiger partial charge in [-0.05, 0) is 25.5 Å². The molecule has 106 valence electrons. The number of benzene rings is 1. The lowest BCUT2D eigenvalue weighted by atomic mass is 10.1. The molecule has 5 heteroatoms. The third-order valence-corrected chi connectivity index (χ3v) is 3.29. The lowest BCUT2D eigenvalue weighted by Crippen LogP contribution is -2.20. The van der Waals surface area contributed by atoms with Crippen molar-refractivity contribution < 1.29 is 9.53 Å². The van der Waals surface area contributed by atoms with Crippen molar-refractivity contribution in [3.05, 3.63) is 22.2 Å². The molecule has 0 fully saturated rings. The van der Waals surface area contributed by atoms with E-state index in [1.807, 2.05) is 20.8 Å². The van der Waals surface area contributed by atoms with Crippen LogP contribution in [-0.4, -0.2) is 12.5 Å². The maximum Gasteiger partial charge on any atom is 0.227 e. The summed E-state index contributed by atoms with van der Waals surface area (Å²) in [5.41, 5.74) is 0.589. The van der Waals surface area contributed by atoms with E-state index in [9.17, 15) is 4.79 Å². The van der Waals surface area contributed by atoms with E-state index in [2.05, 4.69) is 5.32 Å². The van der Waals surface area contributed by atoms with E-state index in [-0.39, 0.29) is 11.8 Å². The van der Waals surface area contributed by atoms with Crippen LogP contribution in [0, 0.1) is 5.92 Å². The first-order chi connectivity index (χ1) is 8.99. The van der Waals surface area contributed by atoms with E-state index < -0.39 is 0 Å². The molecule has 1 amide bonds. The predicted molar refractivity (Wildman–Crippen MR) is 80.3 cm³/mol. The molecule has 1 N–H and O–H groups in total. The van der Waals surface area contributed by atoms with Crippen LogP contribution in [0.2, 0.25) is 10.0 Å². The number of anilines is 1. The first-order valence-electron chi connectivity index (χ1n) is 6.42. The van der Waals surface area contributed by atoms with Gasteiger partial charge in [0.05, 0.1) is 16.7 Å². The van der Waals surface area contributed by atoms with Gasteiger partial charge in [0.1, 0.15) is 0 Å². The maximum atomic E-state index is 11.9. The summed E-state index contributed by atoms with van der Waals surface area (Å²) in [4.78, 5) is 11.9. The molecule has 1 atom stereocenters. The molecule has 0 saturated heterocycles. The lowest BCUT2D eigenvalue weighted by molar-refractivity contribution is -0.119. The first-order valence-corrected chi connectivity index (χ1v) is 7.17. The molecule has 19 heavy (non-hydrogen) atoms. The Hall–Kier alpha value is -0.930. The van der Waals surface area contributed by atoms with Gasteiger partial charge >= 0.3 is 0 Å². The third kappa shape index (κ3) is 4.59. The van der Waals surface area contributed by atoms with Crippen LogP contribution >= 0.6 is 23.2 Å². The van der Waals surface area contributed by atoms with E-state index in [4.69, 9.17) is 27.9 Å². The summed E-state index contributed by atoms with van der Waals surface area (Å²) in [7, 11) is 0. The minimum absolute atomic E-state index is 0.0295. The second kappa shape index (κ2) is 7.61. The van der Waals surface area contributed by atoms with Crippen LogP contribution in [0.4, 0.5) is 5.69 Å². The molecule has 0 aliphatic heterocycles. The molecular formula is C14H19Cl2NO2. The SMILES string of the molecule is CCCC(C)C(=O)Nc1cc(Cl)c(OCC)c(Cl)c1. The summed E-state index contributed by atoms with van der Waals surface area (Å²) in [5, 5.41) is 3.61. The van der Waals surface area contributed by atoms with Gasteiger partial charge in [-0.2, -0.15) is 0 Å². The highest BCUT2D eigenvalue weighted by Crippen LogP contribution is 2.36. The van der Waals surface area contributed by atoms with Gasteiger partial charge in [0.2, 0.25) is 5.91 Å². The number of halogens is 2. The van der Waals surface area contributed by atoms with Crippen LogP contribution in [0.25, 0.3) is 0 Å². The Labute approximate surface area is 124 Å². The molecule has 0 heterocycles. The number of carbonyl (C=O) groups is 1. The average Bonchev–Trinajstić information content (AvgIpc) is 2.34. The molecule has 0 aliphatic carbocycles. The van der Waals surface area contributed by atoms with Crippen molar-refractivity contribution in [2.24, 2.45) is 5.92 Å². The average molecular weight is 304 g/mol. The minimum Gasteiger partial charge on any atom is -0.491 e. The highest BCUT2D eigenvalue weighted by Gasteiger charge is 2.14. The summed E-state index contributed by atoms with van der Waals surface area (Å²) in [6, 6.07) is 3.30. The highest BCUT2D eigenvalue weighted by molar-refractivity contribution is 6.37. The zero-order chi connectivity index (χ0) is 14.4. The van der Waals surface area contributed by atoms with Crippen LogP contribution in [0.5, 0.6) is 5.75 Å². The van der Waals surface area contributed by atoms with Crippen molar-refractivity contribution in [1.82, 2.24) is 0 Å². The normalized spacial score (nSPS) is 12.1. The molecule has 1 unspecified atom stereocenters. The van der Waals surface area contributed by atoms with Crippen molar-refractivity contribution in [2.45, 2.75) is 33.6 Å². The number of ether oxygens (including phenoxy) is 1. The van der Waals surface area contributed by atoms with Crippen molar-refractivity contribution in [2.75, 3.05) is 11.9 Å². The zero-order valence-electron chi connectivity index (χ0n) is 11.4. The van der Waals surface area contributed by atoms with Crippen LogP contribution in [0.15, 0.2) is 12.1 Å². The number of amides is 1. The second-order valence-corrected chi connectivity index (χ2v) is 5.20. The molecule has 1 rings (SSSR count). The fraction of sp³-hybridized carbons (Fsp3) is 0.500. The molecule has 1 aromatic rings. The number of hydrogen-bond donors (Lipinski definition) is 1. The van der Waals surface area contributed by atoms with Crippen LogP contribution < -0.4 is 10.1 Å². The third-order valence-electron chi connectivity index (χ3n) is 2.72. The summed E-state index contributed by atoms with van der Waals surface area (Å²) in [6.45, 7) is 6.29. The molecule has 1 aromatic carbocycles. The molecule has 0 saturated carbocycles. The maximum absolute atomic E-state index is 11.9. The van der Waals surface area contributed by atoms with Gasteiger partial charge in [-0.3, -0.25) is 4.79 Å². The Morgan fingerprint density at radius 3 is 2.37 bits per heavy atom. The Morgan fingerprint density at radius 1 is 1.32 bits per heavy atom. The predicted octanol–water partition coefficient (Wildman–Crippen LogP) is 4.77. The first kappa shape index (κ1) is 16.1. The zero-order valence-corrected chi connectivity index (χ0v) is 12.9. The van der Waals surface area contributed by atoms with Crippen LogP contribution in [0.3, 0.4) is 0 Å². The highest BCUT2D eigenvalue weighted by atomic mass is 35.5. The van der Waals surface area contributed by atoms with Gasteiger partial charge in [-0.25, -0.2) is 0 Å².